The van der Waals surface area contributed by atoms with Gasteiger partial charge in [-0.1, -0.05) is 43.8 Å². The number of hydrogen-bond donors (Lipinski definition) is 3. The lowest BCUT2D eigenvalue weighted by Crippen LogP contribution is -2.60. The van der Waals surface area contributed by atoms with Gasteiger partial charge in [-0.25, -0.2) is 4.79 Å². The average Bonchev–Trinajstić information content (AvgIpc) is 2.84. The number of aromatic hydroxyl groups is 1. The highest BCUT2D eigenvalue weighted by atomic mass is 16.3. The van der Waals surface area contributed by atoms with Crippen molar-refractivity contribution < 1.29 is 9.90 Å². The van der Waals surface area contributed by atoms with Crippen LogP contribution in [0.4, 0.5) is 10.5 Å². The number of urea groups is 1. The largest absolute Gasteiger partial charge is 0.508 e. The van der Waals surface area contributed by atoms with E-state index in [2.05, 4.69) is 16.7 Å². The van der Waals surface area contributed by atoms with Crippen LogP contribution >= 0.6 is 0 Å². The molecule has 1 aromatic rings. The molecule has 5 aliphatic rings. The number of allylic oxidation sites excluding steroid dienone is 1. The fourth-order valence-electron chi connectivity index (χ4n) is 8.98. The lowest BCUT2D eigenvalue weighted by Gasteiger charge is -2.57. The molecular formula is C29H40N2O2. The third kappa shape index (κ3) is 3.88. The zero-order valence-corrected chi connectivity index (χ0v) is 19.9. The monoisotopic (exact) mass is 448 g/mol. The molecule has 0 bridgehead atoms. The van der Waals surface area contributed by atoms with Crippen molar-refractivity contribution >= 4 is 11.7 Å². The molecule has 0 heterocycles. The van der Waals surface area contributed by atoms with Gasteiger partial charge in [0, 0.05) is 17.1 Å². The molecule has 2 amide bonds. The Bertz CT molecular complexity index is 909. The number of phenolic OH excluding ortho intramolecular Hbond substituents is 1. The van der Waals surface area contributed by atoms with Gasteiger partial charge in [-0.3, -0.25) is 0 Å². The minimum Gasteiger partial charge on any atom is -0.508 e. The van der Waals surface area contributed by atoms with Crippen LogP contribution in [0.1, 0.15) is 83.5 Å². The summed E-state index contributed by atoms with van der Waals surface area (Å²) in [5, 5.41) is 16.0. The minimum atomic E-state index is -0.0944. The Labute approximate surface area is 198 Å². The van der Waals surface area contributed by atoms with Crippen molar-refractivity contribution in [1.82, 2.24) is 5.32 Å². The van der Waals surface area contributed by atoms with Crippen molar-refractivity contribution in [3.8, 4) is 5.75 Å². The highest BCUT2D eigenvalue weighted by Crippen LogP contribution is 2.59. The van der Waals surface area contributed by atoms with Crippen molar-refractivity contribution in [1.29, 1.82) is 0 Å². The van der Waals surface area contributed by atoms with E-state index in [-0.39, 0.29) is 17.3 Å². The molecule has 3 N–H and O–H groups in total. The van der Waals surface area contributed by atoms with E-state index >= 15 is 0 Å². The van der Waals surface area contributed by atoms with E-state index in [0.717, 1.165) is 48.1 Å². The van der Waals surface area contributed by atoms with Crippen LogP contribution in [-0.2, 0) is 0 Å². The van der Waals surface area contributed by atoms with E-state index in [4.69, 9.17) is 0 Å². The Hall–Kier alpha value is -1.97. The number of benzene rings is 1. The molecule has 5 aliphatic carbocycles. The SMILES string of the molecule is O=C(Nc1ccc(O)cc1)NC12CCCCC1C1=CCC3C4CCCCC4CCC3C1CC2. The normalized spacial score (nSPS) is 39.7. The Balaban J connectivity index is 1.21. The molecule has 0 aliphatic heterocycles. The van der Waals surface area contributed by atoms with Crippen LogP contribution in [0.5, 0.6) is 5.75 Å². The average molecular weight is 449 g/mol. The molecule has 0 saturated heterocycles. The zero-order valence-electron chi connectivity index (χ0n) is 19.9. The molecule has 0 radical (unpaired) electrons. The second-order valence-electron chi connectivity index (χ2n) is 11.8. The van der Waals surface area contributed by atoms with Crippen molar-refractivity contribution in [2.75, 3.05) is 5.32 Å². The van der Waals surface area contributed by atoms with E-state index < -0.39 is 0 Å². The van der Waals surface area contributed by atoms with Crippen LogP contribution in [0.3, 0.4) is 0 Å². The first-order chi connectivity index (χ1) is 16.1. The third-order valence-corrected chi connectivity index (χ3v) is 10.3. The van der Waals surface area contributed by atoms with Crippen molar-refractivity contribution in [3.63, 3.8) is 0 Å². The van der Waals surface area contributed by atoms with Crippen LogP contribution in [0.25, 0.3) is 0 Å². The number of anilines is 1. The lowest BCUT2D eigenvalue weighted by molar-refractivity contribution is 0.00307. The van der Waals surface area contributed by atoms with Gasteiger partial charge in [-0.05, 0) is 105 Å². The van der Waals surface area contributed by atoms with Gasteiger partial charge < -0.3 is 15.7 Å². The summed E-state index contributed by atoms with van der Waals surface area (Å²) in [6.07, 6.45) is 20.0. The molecule has 7 atom stereocenters. The first kappa shape index (κ1) is 21.6. The van der Waals surface area contributed by atoms with Gasteiger partial charge in [0.25, 0.3) is 0 Å². The molecule has 6 rings (SSSR count). The standard InChI is InChI=1S/C29H40N2O2/c32-21-11-9-20(10-12-21)30-28(33)31-29-17-4-3-7-27(29)26-15-14-23-22-6-2-1-5-19(22)8-13-24(23)25(26)16-18-29/h9-12,15,19,22-25,27,32H,1-8,13-14,16-18H2,(H2,30,31,33). The fourth-order valence-corrected chi connectivity index (χ4v) is 8.98. The van der Waals surface area contributed by atoms with Gasteiger partial charge in [-0.15, -0.1) is 0 Å². The summed E-state index contributed by atoms with van der Waals surface area (Å²) in [4.78, 5) is 13.1. The lowest BCUT2D eigenvalue weighted by atomic mass is 9.50. The Morgan fingerprint density at radius 2 is 1.67 bits per heavy atom. The summed E-state index contributed by atoms with van der Waals surface area (Å²) in [5.41, 5.74) is 2.37. The summed E-state index contributed by atoms with van der Waals surface area (Å²) >= 11 is 0. The van der Waals surface area contributed by atoms with E-state index in [9.17, 15) is 9.90 Å². The van der Waals surface area contributed by atoms with Crippen LogP contribution in [0, 0.1) is 35.5 Å². The molecule has 4 heteroatoms. The first-order valence-electron chi connectivity index (χ1n) is 13.7. The Morgan fingerprint density at radius 1 is 0.848 bits per heavy atom. The third-order valence-electron chi connectivity index (χ3n) is 10.3. The maximum Gasteiger partial charge on any atom is 0.319 e. The topological polar surface area (TPSA) is 61.4 Å². The maximum absolute atomic E-state index is 13.1. The number of amides is 2. The summed E-state index contributed by atoms with van der Waals surface area (Å²) in [6, 6.07) is 6.66. The van der Waals surface area contributed by atoms with Gasteiger partial charge in [0.2, 0.25) is 0 Å². The van der Waals surface area contributed by atoms with Crippen LogP contribution in [0.15, 0.2) is 35.9 Å². The molecule has 178 valence electrons. The highest BCUT2D eigenvalue weighted by Gasteiger charge is 2.53. The van der Waals surface area contributed by atoms with E-state index in [1.807, 2.05) is 0 Å². The number of carbonyl (C=O) groups excluding carboxylic acids is 1. The molecule has 0 aromatic heterocycles. The molecule has 0 spiro atoms. The molecule has 4 nitrogen and oxygen atoms in total. The van der Waals surface area contributed by atoms with E-state index in [0.29, 0.717) is 5.92 Å². The van der Waals surface area contributed by atoms with Gasteiger partial charge >= 0.3 is 6.03 Å². The van der Waals surface area contributed by atoms with Crippen LogP contribution < -0.4 is 10.6 Å². The smallest absolute Gasteiger partial charge is 0.319 e. The number of fused-ring (bicyclic) bond motifs is 7. The molecule has 4 fully saturated rings. The number of nitrogens with one attached hydrogen (secondary N) is 2. The molecule has 33 heavy (non-hydrogen) atoms. The molecule has 7 unspecified atom stereocenters. The number of phenols is 1. The number of rotatable bonds is 2. The summed E-state index contributed by atoms with van der Waals surface area (Å²) in [6.45, 7) is 0. The summed E-state index contributed by atoms with van der Waals surface area (Å²) in [5.74, 6) is 5.33. The van der Waals surface area contributed by atoms with Crippen molar-refractivity contribution in [3.05, 3.63) is 35.9 Å². The van der Waals surface area contributed by atoms with Gasteiger partial charge in [-0.2, -0.15) is 0 Å². The van der Waals surface area contributed by atoms with Gasteiger partial charge in [0.1, 0.15) is 5.75 Å². The molecular weight excluding hydrogens is 408 g/mol. The predicted octanol–water partition coefficient (Wildman–Crippen LogP) is 7.02. The molecule has 1 aromatic carbocycles. The van der Waals surface area contributed by atoms with E-state index in [1.165, 1.54) is 70.6 Å². The fraction of sp³-hybridized carbons (Fsp3) is 0.690. The number of hydrogen-bond acceptors (Lipinski definition) is 2. The van der Waals surface area contributed by atoms with Gasteiger partial charge in [0.15, 0.2) is 0 Å². The Kier molecular flexibility index (Phi) is 5.66. The quantitative estimate of drug-likeness (QED) is 0.336. The molecule has 4 saturated carbocycles. The number of carbonyl (C=O) groups is 1. The zero-order chi connectivity index (χ0) is 22.4. The minimum absolute atomic E-state index is 0.0868. The van der Waals surface area contributed by atoms with Crippen molar-refractivity contribution in [2.24, 2.45) is 35.5 Å². The summed E-state index contributed by atoms with van der Waals surface area (Å²) < 4.78 is 0. The van der Waals surface area contributed by atoms with E-state index in [1.54, 1.807) is 29.8 Å². The Morgan fingerprint density at radius 3 is 2.55 bits per heavy atom. The maximum atomic E-state index is 13.1. The summed E-state index contributed by atoms with van der Waals surface area (Å²) in [7, 11) is 0. The van der Waals surface area contributed by atoms with Crippen LogP contribution in [-0.4, -0.2) is 16.7 Å². The first-order valence-corrected chi connectivity index (χ1v) is 13.7. The van der Waals surface area contributed by atoms with Crippen LogP contribution in [0.2, 0.25) is 0 Å². The predicted molar refractivity (Wildman–Crippen MR) is 132 cm³/mol. The van der Waals surface area contributed by atoms with Crippen molar-refractivity contribution in [2.45, 2.75) is 89.0 Å². The van der Waals surface area contributed by atoms with Gasteiger partial charge in [0.05, 0.1) is 0 Å². The highest BCUT2D eigenvalue weighted by molar-refractivity contribution is 5.90. The second kappa shape index (κ2) is 8.67. The second-order valence-corrected chi connectivity index (χ2v) is 11.8.